The summed E-state index contributed by atoms with van der Waals surface area (Å²) in [5, 5.41) is 0. The van der Waals surface area contributed by atoms with Crippen molar-refractivity contribution < 1.29 is 9.53 Å². The summed E-state index contributed by atoms with van der Waals surface area (Å²) in [7, 11) is 0. The summed E-state index contributed by atoms with van der Waals surface area (Å²) in [5.74, 6) is 0.917. The first kappa shape index (κ1) is 13.4. The maximum Gasteiger partial charge on any atom is 0.151 e. The quantitative estimate of drug-likeness (QED) is 0.769. The largest absolute Gasteiger partial charge is 0.491 e. The number of aromatic nitrogens is 1. The van der Waals surface area contributed by atoms with Crippen molar-refractivity contribution in [2.24, 2.45) is 0 Å². The zero-order valence-corrected chi connectivity index (χ0v) is 11.6. The fourth-order valence-electron chi connectivity index (χ4n) is 2.26. The van der Waals surface area contributed by atoms with Gasteiger partial charge < -0.3 is 9.30 Å². The van der Waals surface area contributed by atoms with Gasteiger partial charge in [0.15, 0.2) is 6.29 Å². The van der Waals surface area contributed by atoms with Gasteiger partial charge in [0.2, 0.25) is 0 Å². The van der Waals surface area contributed by atoms with Gasteiger partial charge in [0.25, 0.3) is 0 Å². The fraction of sp³-hybridized carbons (Fsp3) is 0.312. The monoisotopic (exact) mass is 257 g/mol. The Morgan fingerprint density at radius 1 is 1.21 bits per heavy atom. The molecular weight excluding hydrogens is 238 g/mol. The van der Waals surface area contributed by atoms with E-state index in [1.54, 1.807) is 0 Å². The molecule has 100 valence electrons. The predicted octanol–water partition coefficient (Wildman–Crippen LogP) is 3.30. The molecule has 3 nitrogen and oxygen atoms in total. The SMILES string of the molecule is Cc1ccccc1OCCn1c(C)cc(C=O)c1C. The summed E-state index contributed by atoms with van der Waals surface area (Å²) in [6.07, 6.45) is 0.904. The molecule has 0 aliphatic rings. The van der Waals surface area contributed by atoms with Crippen LogP contribution in [-0.2, 0) is 6.54 Å². The Kier molecular flexibility index (Phi) is 4.05. The number of hydrogen-bond donors (Lipinski definition) is 0. The molecular formula is C16H19NO2. The minimum absolute atomic E-state index is 0.597. The third-order valence-electron chi connectivity index (χ3n) is 3.41. The molecule has 0 saturated heterocycles. The number of carbonyl (C=O) groups excluding carboxylic acids is 1. The maximum atomic E-state index is 10.9. The van der Waals surface area contributed by atoms with Crippen molar-refractivity contribution in [3.8, 4) is 5.75 Å². The first-order valence-corrected chi connectivity index (χ1v) is 6.44. The minimum Gasteiger partial charge on any atom is -0.491 e. The van der Waals surface area contributed by atoms with Crippen molar-refractivity contribution in [1.29, 1.82) is 0 Å². The minimum atomic E-state index is 0.597. The lowest BCUT2D eigenvalue weighted by Gasteiger charge is -2.12. The van der Waals surface area contributed by atoms with Crippen molar-refractivity contribution in [1.82, 2.24) is 4.57 Å². The van der Waals surface area contributed by atoms with E-state index in [1.807, 2.05) is 51.1 Å². The standard InChI is InChI=1S/C16H19NO2/c1-12-6-4-5-7-16(12)19-9-8-17-13(2)10-15(11-18)14(17)3/h4-7,10-11H,8-9H2,1-3H3. The van der Waals surface area contributed by atoms with Gasteiger partial charge in [0.05, 0.1) is 6.54 Å². The molecule has 2 rings (SSSR count). The molecule has 0 radical (unpaired) electrons. The van der Waals surface area contributed by atoms with Crippen molar-refractivity contribution in [2.75, 3.05) is 6.61 Å². The van der Waals surface area contributed by atoms with Crippen LogP contribution in [0.25, 0.3) is 0 Å². The molecule has 0 aliphatic carbocycles. The van der Waals surface area contributed by atoms with Crippen LogP contribution in [0.3, 0.4) is 0 Å². The number of aryl methyl sites for hydroxylation is 2. The predicted molar refractivity (Wildman–Crippen MR) is 76.0 cm³/mol. The molecule has 0 N–H and O–H groups in total. The Morgan fingerprint density at radius 2 is 1.95 bits per heavy atom. The Morgan fingerprint density at radius 3 is 2.58 bits per heavy atom. The lowest BCUT2D eigenvalue weighted by Crippen LogP contribution is -2.11. The second-order valence-corrected chi connectivity index (χ2v) is 4.71. The topological polar surface area (TPSA) is 31.2 Å². The number of hydrogen-bond acceptors (Lipinski definition) is 2. The Labute approximate surface area is 113 Å². The van der Waals surface area contributed by atoms with E-state index < -0.39 is 0 Å². The Hall–Kier alpha value is -2.03. The Balaban J connectivity index is 2.02. The number of aldehydes is 1. The van der Waals surface area contributed by atoms with E-state index in [4.69, 9.17) is 4.74 Å². The molecule has 1 aromatic carbocycles. The summed E-state index contributed by atoms with van der Waals surface area (Å²) in [5.41, 5.74) is 3.99. The number of benzene rings is 1. The van der Waals surface area contributed by atoms with Crippen LogP contribution >= 0.6 is 0 Å². The lowest BCUT2D eigenvalue weighted by molar-refractivity contribution is 0.112. The van der Waals surface area contributed by atoms with Crippen LogP contribution in [0.2, 0.25) is 0 Å². The first-order valence-electron chi connectivity index (χ1n) is 6.44. The highest BCUT2D eigenvalue weighted by Crippen LogP contribution is 2.17. The van der Waals surface area contributed by atoms with Gasteiger partial charge in [-0.1, -0.05) is 18.2 Å². The van der Waals surface area contributed by atoms with E-state index in [-0.39, 0.29) is 0 Å². The summed E-state index contributed by atoms with van der Waals surface area (Å²) >= 11 is 0. The average molecular weight is 257 g/mol. The highest BCUT2D eigenvalue weighted by Gasteiger charge is 2.08. The van der Waals surface area contributed by atoms with Crippen molar-refractivity contribution in [3.05, 3.63) is 52.8 Å². The maximum absolute atomic E-state index is 10.9. The highest BCUT2D eigenvalue weighted by molar-refractivity contribution is 5.77. The number of para-hydroxylation sites is 1. The van der Waals surface area contributed by atoms with Crippen LogP contribution in [0.15, 0.2) is 30.3 Å². The number of ether oxygens (including phenoxy) is 1. The van der Waals surface area contributed by atoms with Gasteiger partial charge in [-0.25, -0.2) is 0 Å². The van der Waals surface area contributed by atoms with Crippen LogP contribution in [0.5, 0.6) is 5.75 Å². The molecule has 19 heavy (non-hydrogen) atoms. The van der Waals surface area contributed by atoms with Crippen molar-refractivity contribution in [2.45, 2.75) is 27.3 Å². The molecule has 0 aliphatic heterocycles. The Bertz CT molecular complexity index is 584. The molecule has 3 heteroatoms. The molecule has 2 aromatic rings. The first-order chi connectivity index (χ1) is 9.13. The molecule has 1 aromatic heterocycles. The third kappa shape index (κ3) is 2.87. The molecule has 0 unspecified atom stereocenters. The van der Waals surface area contributed by atoms with Crippen LogP contribution in [0.4, 0.5) is 0 Å². The summed E-state index contributed by atoms with van der Waals surface area (Å²) in [4.78, 5) is 10.9. The van der Waals surface area contributed by atoms with Crippen LogP contribution in [-0.4, -0.2) is 17.5 Å². The van der Waals surface area contributed by atoms with E-state index in [1.165, 1.54) is 0 Å². The lowest BCUT2D eigenvalue weighted by atomic mass is 10.2. The zero-order valence-electron chi connectivity index (χ0n) is 11.6. The number of carbonyl (C=O) groups is 1. The van der Waals surface area contributed by atoms with Gasteiger partial charge in [0, 0.05) is 17.0 Å². The van der Waals surface area contributed by atoms with Gasteiger partial charge in [-0.3, -0.25) is 4.79 Å². The molecule has 0 saturated carbocycles. The van der Waals surface area contributed by atoms with E-state index in [0.29, 0.717) is 6.61 Å². The summed E-state index contributed by atoms with van der Waals surface area (Å²) in [6, 6.07) is 9.89. The molecule has 0 fully saturated rings. The number of rotatable bonds is 5. The molecule has 0 bridgehead atoms. The molecule has 0 spiro atoms. The molecule has 0 amide bonds. The van der Waals surface area contributed by atoms with Crippen molar-refractivity contribution >= 4 is 6.29 Å². The summed E-state index contributed by atoms with van der Waals surface area (Å²) < 4.78 is 7.90. The number of nitrogens with zero attached hydrogens (tertiary/aromatic N) is 1. The molecule has 0 atom stereocenters. The van der Waals surface area contributed by atoms with Gasteiger partial charge in [0.1, 0.15) is 12.4 Å². The second-order valence-electron chi connectivity index (χ2n) is 4.71. The molecule has 1 heterocycles. The van der Waals surface area contributed by atoms with Gasteiger partial charge >= 0.3 is 0 Å². The van der Waals surface area contributed by atoms with Crippen molar-refractivity contribution in [3.63, 3.8) is 0 Å². The van der Waals surface area contributed by atoms with E-state index in [9.17, 15) is 4.79 Å². The second kappa shape index (κ2) is 5.74. The van der Waals surface area contributed by atoms with Gasteiger partial charge in [-0.2, -0.15) is 0 Å². The van der Waals surface area contributed by atoms with Gasteiger partial charge in [-0.05, 0) is 38.5 Å². The normalized spacial score (nSPS) is 10.5. The third-order valence-corrected chi connectivity index (χ3v) is 3.41. The van der Waals surface area contributed by atoms with E-state index in [2.05, 4.69) is 4.57 Å². The smallest absolute Gasteiger partial charge is 0.151 e. The highest BCUT2D eigenvalue weighted by atomic mass is 16.5. The van der Waals surface area contributed by atoms with Crippen LogP contribution in [0.1, 0.15) is 27.3 Å². The van der Waals surface area contributed by atoms with Crippen LogP contribution in [0, 0.1) is 20.8 Å². The zero-order chi connectivity index (χ0) is 13.8. The fourth-order valence-corrected chi connectivity index (χ4v) is 2.26. The summed E-state index contributed by atoms with van der Waals surface area (Å²) in [6.45, 7) is 7.35. The van der Waals surface area contributed by atoms with E-state index >= 15 is 0 Å². The van der Waals surface area contributed by atoms with Crippen LogP contribution < -0.4 is 4.74 Å². The average Bonchev–Trinajstić information content (AvgIpc) is 2.68. The van der Waals surface area contributed by atoms with E-state index in [0.717, 1.165) is 41.1 Å². The van der Waals surface area contributed by atoms with Gasteiger partial charge in [-0.15, -0.1) is 0 Å².